The average Bonchev–Trinajstić information content (AvgIpc) is 2.42. The van der Waals surface area contributed by atoms with Crippen molar-refractivity contribution in [2.75, 3.05) is 26.7 Å². The van der Waals surface area contributed by atoms with E-state index >= 15 is 0 Å². The SMILES string of the molecule is CCNC1CC2(CCN(C)CC2)Oc2cc(Br)ccc21. The maximum absolute atomic E-state index is 6.47. The topological polar surface area (TPSA) is 24.5 Å². The first-order valence-electron chi connectivity index (χ1n) is 7.52. The second-order valence-corrected chi connectivity index (χ2v) is 7.00. The molecule has 20 heavy (non-hydrogen) atoms. The highest BCUT2D eigenvalue weighted by Gasteiger charge is 2.42. The molecule has 0 aliphatic carbocycles. The number of hydrogen-bond donors (Lipinski definition) is 1. The minimum atomic E-state index is 0.0210. The molecule has 0 radical (unpaired) electrons. The van der Waals surface area contributed by atoms with E-state index in [9.17, 15) is 0 Å². The summed E-state index contributed by atoms with van der Waals surface area (Å²) >= 11 is 3.56. The number of rotatable bonds is 2. The van der Waals surface area contributed by atoms with Crippen LogP contribution < -0.4 is 10.1 Å². The molecule has 2 aliphatic rings. The van der Waals surface area contributed by atoms with E-state index in [1.54, 1.807) is 0 Å². The first-order chi connectivity index (χ1) is 9.62. The summed E-state index contributed by atoms with van der Waals surface area (Å²) < 4.78 is 7.56. The van der Waals surface area contributed by atoms with Gasteiger partial charge in [-0.05, 0) is 38.6 Å². The second kappa shape index (κ2) is 5.66. The molecule has 4 heteroatoms. The van der Waals surface area contributed by atoms with E-state index in [0.29, 0.717) is 6.04 Å². The Hall–Kier alpha value is -0.580. The fourth-order valence-electron chi connectivity index (χ4n) is 3.40. The summed E-state index contributed by atoms with van der Waals surface area (Å²) in [7, 11) is 2.20. The van der Waals surface area contributed by atoms with E-state index < -0.39 is 0 Å². The number of benzene rings is 1. The summed E-state index contributed by atoms with van der Waals surface area (Å²) in [5, 5.41) is 3.63. The predicted octanol–water partition coefficient (Wildman–Crippen LogP) is 3.35. The standard InChI is InChI=1S/C16H23BrN2O/c1-3-18-14-11-16(6-8-19(2)9-7-16)20-15-10-12(17)4-5-13(14)15/h4-5,10,14,18H,3,6-9,11H2,1-2H3. The molecule has 0 saturated carbocycles. The molecule has 110 valence electrons. The van der Waals surface area contributed by atoms with Crippen LogP contribution in [0.1, 0.15) is 37.8 Å². The molecule has 0 amide bonds. The van der Waals surface area contributed by atoms with Crippen LogP contribution in [0.3, 0.4) is 0 Å². The molecule has 2 aliphatic heterocycles. The van der Waals surface area contributed by atoms with Gasteiger partial charge in [0.2, 0.25) is 0 Å². The Morgan fingerprint density at radius 3 is 2.85 bits per heavy atom. The Morgan fingerprint density at radius 1 is 1.40 bits per heavy atom. The van der Waals surface area contributed by atoms with Crippen LogP contribution in [0.2, 0.25) is 0 Å². The molecular weight excluding hydrogens is 316 g/mol. The molecule has 3 rings (SSSR count). The van der Waals surface area contributed by atoms with Crippen LogP contribution in [0.5, 0.6) is 5.75 Å². The number of nitrogens with zero attached hydrogens (tertiary/aromatic N) is 1. The number of likely N-dealkylation sites (tertiary alicyclic amines) is 1. The van der Waals surface area contributed by atoms with Gasteiger partial charge in [-0.2, -0.15) is 0 Å². The van der Waals surface area contributed by atoms with Gasteiger partial charge < -0.3 is 15.0 Å². The zero-order valence-electron chi connectivity index (χ0n) is 12.3. The lowest BCUT2D eigenvalue weighted by molar-refractivity contribution is -0.0201. The van der Waals surface area contributed by atoms with E-state index in [1.165, 1.54) is 5.56 Å². The van der Waals surface area contributed by atoms with Gasteiger partial charge in [-0.3, -0.25) is 0 Å². The lowest BCUT2D eigenvalue weighted by Crippen LogP contribution is -2.51. The summed E-state index contributed by atoms with van der Waals surface area (Å²) in [4.78, 5) is 2.40. The van der Waals surface area contributed by atoms with Gasteiger partial charge in [0.1, 0.15) is 11.4 Å². The molecule has 1 aromatic carbocycles. The lowest BCUT2D eigenvalue weighted by atomic mass is 9.80. The molecule has 0 aromatic heterocycles. The van der Waals surface area contributed by atoms with Crippen LogP contribution in [0.15, 0.2) is 22.7 Å². The van der Waals surface area contributed by atoms with Crippen LogP contribution in [0, 0.1) is 0 Å². The zero-order chi connectivity index (χ0) is 14.2. The molecule has 1 fully saturated rings. The Labute approximate surface area is 129 Å². The summed E-state index contributed by atoms with van der Waals surface area (Å²) in [6.07, 6.45) is 3.33. The summed E-state index contributed by atoms with van der Waals surface area (Å²) in [5.74, 6) is 1.06. The number of hydrogen-bond acceptors (Lipinski definition) is 3. The van der Waals surface area contributed by atoms with Gasteiger partial charge in [0.15, 0.2) is 0 Å². The zero-order valence-corrected chi connectivity index (χ0v) is 13.9. The predicted molar refractivity (Wildman–Crippen MR) is 85.3 cm³/mol. The molecule has 3 nitrogen and oxygen atoms in total. The van der Waals surface area contributed by atoms with Crippen molar-refractivity contribution in [3.63, 3.8) is 0 Å². The van der Waals surface area contributed by atoms with Crippen LogP contribution >= 0.6 is 15.9 Å². The molecule has 1 saturated heterocycles. The Bertz CT molecular complexity index is 483. The minimum absolute atomic E-state index is 0.0210. The van der Waals surface area contributed by atoms with Gasteiger partial charge in [0, 0.05) is 35.6 Å². The number of piperidine rings is 1. The largest absolute Gasteiger partial charge is 0.487 e. The lowest BCUT2D eigenvalue weighted by Gasteiger charge is -2.46. The molecule has 2 heterocycles. The minimum Gasteiger partial charge on any atom is -0.487 e. The average molecular weight is 339 g/mol. The van der Waals surface area contributed by atoms with E-state index in [0.717, 1.165) is 49.1 Å². The molecule has 0 bridgehead atoms. The van der Waals surface area contributed by atoms with E-state index in [1.807, 2.05) is 0 Å². The van der Waals surface area contributed by atoms with Crippen LogP contribution in [-0.4, -0.2) is 37.2 Å². The second-order valence-electron chi connectivity index (χ2n) is 6.08. The highest BCUT2D eigenvalue weighted by atomic mass is 79.9. The Morgan fingerprint density at radius 2 is 2.15 bits per heavy atom. The van der Waals surface area contributed by atoms with E-state index in [4.69, 9.17) is 4.74 Å². The molecule has 1 unspecified atom stereocenters. The normalized spacial score (nSPS) is 25.2. The van der Waals surface area contributed by atoms with Gasteiger partial charge in [-0.25, -0.2) is 0 Å². The maximum Gasteiger partial charge on any atom is 0.126 e. The summed E-state index contributed by atoms with van der Waals surface area (Å²) in [5.41, 5.74) is 1.33. The summed E-state index contributed by atoms with van der Waals surface area (Å²) in [6.45, 7) is 5.43. The van der Waals surface area contributed by atoms with Crippen molar-refractivity contribution in [2.24, 2.45) is 0 Å². The fraction of sp³-hybridized carbons (Fsp3) is 0.625. The molecule has 1 atom stereocenters. The number of ether oxygens (including phenoxy) is 1. The van der Waals surface area contributed by atoms with Gasteiger partial charge in [-0.1, -0.05) is 28.9 Å². The first-order valence-corrected chi connectivity index (χ1v) is 8.31. The summed E-state index contributed by atoms with van der Waals surface area (Å²) in [6, 6.07) is 6.84. The van der Waals surface area contributed by atoms with Crippen molar-refractivity contribution >= 4 is 15.9 Å². The Balaban J connectivity index is 1.91. The smallest absolute Gasteiger partial charge is 0.126 e. The van der Waals surface area contributed by atoms with Crippen molar-refractivity contribution in [1.29, 1.82) is 0 Å². The van der Waals surface area contributed by atoms with Crippen molar-refractivity contribution < 1.29 is 4.74 Å². The van der Waals surface area contributed by atoms with Crippen LogP contribution in [0.4, 0.5) is 0 Å². The van der Waals surface area contributed by atoms with Gasteiger partial charge in [-0.15, -0.1) is 0 Å². The first kappa shape index (κ1) is 14.4. The third-order valence-corrected chi connectivity index (χ3v) is 5.10. The van der Waals surface area contributed by atoms with Crippen molar-refractivity contribution in [1.82, 2.24) is 10.2 Å². The molecular formula is C16H23BrN2O. The highest BCUT2D eigenvalue weighted by Crippen LogP contribution is 2.44. The van der Waals surface area contributed by atoms with E-state index in [-0.39, 0.29) is 5.60 Å². The maximum atomic E-state index is 6.47. The number of fused-ring (bicyclic) bond motifs is 1. The number of nitrogens with one attached hydrogen (secondary N) is 1. The van der Waals surface area contributed by atoms with Crippen molar-refractivity contribution in [3.8, 4) is 5.75 Å². The number of halogens is 1. The quantitative estimate of drug-likeness (QED) is 0.894. The fourth-order valence-corrected chi connectivity index (χ4v) is 3.74. The van der Waals surface area contributed by atoms with Gasteiger partial charge in [0.25, 0.3) is 0 Å². The third kappa shape index (κ3) is 2.74. The van der Waals surface area contributed by atoms with E-state index in [2.05, 4.69) is 58.3 Å². The van der Waals surface area contributed by atoms with Crippen LogP contribution in [-0.2, 0) is 0 Å². The highest BCUT2D eigenvalue weighted by molar-refractivity contribution is 9.10. The van der Waals surface area contributed by atoms with Gasteiger partial charge in [0.05, 0.1) is 0 Å². The van der Waals surface area contributed by atoms with Crippen molar-refractivity contribution in [3.05, 3.63) is 28.2 Å². The molecule has 1 N–H and O–H groups in total. The molecule has 1 spiro atoms. The Kier molecular flexibility index (Phi) is 4.07. The van der Waals surface area contributed by atoms with Gasteiger partial charge >= 0.3 is 0 Å². The third-order valence-electron chi connectivity index (χ3n) is 4.60. The monoisotopic (exact) mass is 338 g/mol. The van der Waals surface area contributed by atoms with Crippen LogP contribution in [0.25, 0.3) is 0 Å². The van der Waals surface area contributed by atoms with Crippen molar-refractivity contribution in [2.45, 2.75) is 37.8 Å². The molecule has 1 aromatic rings.